The Labute approximate surface area is 124 Å². The van der Waals surface area contributed by atoms with E-state index in [9.17, 15) is 14.9 Å². The van der Waals surface area contributed by atoms with Crippen LogP contribution in [0.3, 0.4) is 0 Å². The quantitative estimate of drug-likeness (QED) is 0.464. The summed E-state index contributed by atoms with van der Waals surface area (Å²) < 4.78 is 0. The highest BCUT2D eigenvalue weighted by Gasteiger charge is 2.21. The molecule has 0 saturated heterocycles. The van der Waals surface area contributed by atoms with Crippen LogP contribution in [0, 0.1) is 10.1 Å². The molecule has 0 fully saturated rings. The van der Waals surface area contributed by atoms with Crippen molar-refractivity contribution in [1.82, 2.24) is 4.90 Å². The molecule has 104 valence electrons. The van der Waals surface area contributed by atoms with E-state index in [1.165, 1.54) is 18.2 Å². The second kappa shape index (κ2) is 6.86. The number of nitro groups is 1. The van der Waals surface area contributed by atoms with Gasteiger partial charge in [0.1, 0.15) is 0 Å². The number of benzene rings is 1. The Kier molecular flexibility index (Phi) is 5.75. The summed E-state index contributed by atoms with van der Waals surface area (Å²) in [6.45, 7) is 4.30. The van der Waals surface area contributed by atoms with E-state index in [0.717, 1.165) is 0 Å². The molecule has 1 aromatic carbocycles. The lowest BCUT2D eigenvalue weighted by molar-refractivity contribution is -0.384. The lowest BCUT2D eigenvalue weighted by atomic mass is 10.1. The highest BCUT2D eigenvalue weighted by molar-refractivity contribution is 9.09. The number of rotatable bonds is 5. The van der Waals surface area contributed by atoms with Gasteiger partial charge in [0, 0.05) is 40.6 Å². The lowest BCUT2D eigenvalue weighted by Gasteiger charge is -2.26. The second-order valence-electron chi connectivity index (χ2n) is 4.24. The van der Waals surface area contributed by atoms with Gasteiger partial charge in [-0.3, -0.25) is 14.9 Å². The standard InChI is InChI=1S/C12H14BrClN2O3/c1-8(2)15(4-3-13)12(17)9-5-10(14)7-11(6-9)16(18)19/h5-8H,3-4H2,1-2H3. The summed E-state index contributed by atoms with van der Waals surface area (Å²) in [5.74, 6) is -0.264. The molecule has 0 unspecified atom stereocenters. The van der Waals surface area contributed by atoms with Crippen molar-refractivity contribution in [3.63, 3.8) is 0 Å². The van der Waals surface area contributed by atoms with Gasteiger partial charge in [0.05, 0.1) is 4.92 Å². The van der Waals surface area contributed by atoms with Crippen LogP contribution in [0.2, 0.25) is 5.02 Å². The minimum atomic E-state index is -0.563. The van der Waals surface area contributed by atoms with E-state index >= 15 is 0 Å². The minimum absolute atomic E-state index is 0.00286. The molecule has 0 heterocycles. The fourth-order valence-corrected chi connectivity index (χ4v) is 2.27. The molecule has 0 bridgehead atoms. The van der Waals surface area contributed by atoms with Crippen molar-refractivity contribution in [2.45, 2.75) is 19.9 Å². The largest absolute Gasteiger partial charge is 0.335 e. The van der Waals surface area contributed by atoms with Crippen LogP contribution in [0.15, 0.2) is 18.2 Å². The molecule has 0 aromatic heterocycles. The van der Waals surface area contributed by atoms with Gasteiger partial charge in [-0.2, -0.15) is 0 Å². The zero-order valence-corrected chi connectivity index (χ0v) is 12.9. The van der Waals surface area contributed by atoms with Crippen LogP contribution in [-0.2, 0) is 0 Å². The summed E-state index contributed by atoms with van der Waals surface area (Å²) in [6.07, 6.45) is 0. The molecule has 0 aliphatic rings. The number of carbonyl (C=O) groups excluding carboxylic acids is 1. The Morgan fingerprint density at radius 3 is 2.58 bits per heavy atom. The lowest BCUT2D eigenvalue weighted by Crippen LogP contribution is -2.38. The number of hydrogen-bond acceptors (Lipinski definition) is 3. The van der Waals surface area contributed by atoms with E-state index in [2.05, 4.69) is 15.9 Å². The van der Waals surface area contributed by atoms with Gasteiger partial charge in [-0.1, -0.05) is 27.5 Å². The van der Waals surface area contributed by atoms with Crippen molar-refractivity contribution in [3.05, 3.63) is 38.9 Å². The molecule has 5 nitrogen and oxygen atoms in total. The molecule has 0 aliphatic carbocycles. The predicted molar refractivity (Wildman–Crippen MR) is 78.1 cm³/mol. The van der Waals surface area contributed by atoms with E-state index in [4.69, 9.17) is 11.6 Å². The molecule has 7 heteroatoms. The molecule has 0 atom stereocenters. The maximum Gasteiger partial charge on any atom is 0.271 e. The van der Waals surface area contributed by atoms with Crippen molar-refractivity contribution < 1.29 is 9.72 Å². The van der Waals surface area contributed by atoms with E-state index in [1.807, 2.05) is 13.8 Å². The van der Waals surface area contributed by atoms with Gasteiger partial charge in [-0.25, -0.2) is 0 Å². The molecule has 0 N–H and O–H groups in total. The van der Waals surface area contributed by atoms with E-state index in [-0.39, 0.29) is 28.2 Å². The molecule has 1 rings (SSSR count). The van der Waals surface area contributed by atoms with Gasteiger partial charge in [0.15, 0.2) is 0 Å². The summed E-state index contributed by atoms with van der Waals surface area (Å²) in [6, 6.07) is 3.92. The average Bonchev–Trinajstić information content (AvgIpc) is 2.33. The van der Waals surface area contributed by atoms with Crippen LogP contribution < -0.4 is 0 Å². The molecular weight excluding hydrogens is 336 g/mol. The summed E-state index contributed by atoms with van der Waals surface area (Å²) in [4.78, 5) is 24.2. The fourth-order valence-electron chi connectivity index (χ4n) is 1.65. The smallest absolute Gasteiger partial charge is 0.271 e. The predicted octanol–water partition coefficient (Wildman–Crippen LogP) is 3.49. The van der Waals surface area contributed by atoms with Gasteiger partial charge >= 0.3 is 0 Å². The number of nitrogens with zero attached hydrogens (tertiary/aromatic N) is 2. The van der Waals surface area contributed by atoms with Crippen LogP contribution in [0.5, 0.6) is 0 Å². The van der Waals surface area contributed by atoms with Crippen molar-refractivity contribution >= 4 is 39.1 Å². The highest BCUT2D eigenvalue weighted by atomic mass is 79.9. The molecule has 0 radical (unpaired) electrons. The van der Waals surface area contributed by atoms with E-state index in [0.29, 0.717) is 11.9 Å². The third-order valence-electron chi connectivity index (χ3n) is 2.55. The molecule has 1 amide bonds. The maximum atomic E-state index is 12.3. The van der Waals surface area contributed by atoms with Gasteiger partial charge in [-0.15, -0.1) is 0 Å². The molecule has 19 heavy (non-hydrogen) atoms. The van der Waals surface area contributed by atoms with Crippen LogP contribution in [0.25, 0.3) is 0 Å². The third kappa shape index (κ3) is 4.18. The van der Waals surface area contributed by atoms with Crippen LogP contribution >= 0.6 is 27.5 Å². The van der Waals surface area contributed by atoms with Crippen LogP contribution in [0.4, 0.5) is 5.69 Å². The summed E-state index contributed by atoms with van der Waals surface area (Å²) in [7, 11) is 0. The maximum absolute atomic E-state index is 12.3. The highest BCUT2D eigenvalue weighted by Crippen LogP contribution is 2.22. The summed E-state index contributed by atoms with van der Waals surface area (Å²) in [5, 5.41) is 11.6. The summed E-state index contributed by atoms with van der Waals surface area (Å²) in [5.41, 5.74) is 0.0484. The first-order valence-electron chi connectivity index (χ1n) is 5.68. The second-order valence-corrected chi connectivity index (χ2v) is 5.47. The normalized spacial score (nSPS) is 10.6. The number of amides is 1. The molecule has 0 saturated carbocycles. The Morgan fingerprint density at radius 1 is 1.47 bits per heavy atom. The summed E-state index contributed by atoms with van der Waals surface area (Å²) >= 11 is 9.10. The number of non-ortho nitro benzene ring substituents is 1. The van der Waals surface area contributed by atoms with Gasteiger partial charge < -0.3 is 4.90 Å². The van der Waals surface area contributed by atoms with Crippen molar-refractivity contribution in [3.8, 4) is 0 Å². The number of nitro benzene ring substituents is 1. The van der Waals surface area contributed by atoms with Gasteiger partial charge in [-0.05, 0) is 19.9 Å². The average molecular weight is 350 g/mol. The van der Waals surface area contributed by atoms with Crippen molar-refractivity contribution in [1.29, 1.82) is 0 Å². The van der Waals surface area contributed by atoms with Gasteiger partial charge in [0.2, 0.25) is 0 Å². The minimum Gasteiger partial charge on any atom is -0.335 e. The first-order chi connectivity index (χ1) is 8.86. The SMILES string of the molecule is CC(C)N(CCBr)C(=O)c1cc(Cl)cc([N+](=O)[O-])c1. The molecular formula is C12H14BrClN2O3. The Morgan fingerprint density at radius 2 is 2.11 bits per heavy atom. The zero-order valence-electron chi connectivity index (χ0n) is 10.6. The van der Waals surface area contributed by atoms with E-state index < -0.39 is 4.92 Å². The van der Waals surface area contributed by atoms with Gasteiger partial charge in [0.25, 0.3) is 11.6 Å². The number of hydrogen-bond donors (Lipinski definition) is 0. The fraction of sp³-hybridized carbons (Fsp3) is 0.417. The number of carbonyl (C=O) groups is 1. The van der Waals surface area contributed by atoms with Crippen molar-refractivity contribution in [2.75, 3.05) is 11.9 Å². The third-order valence-corrected chi connectivity index (χ3v) is 3.12. The van der Waals surface area contributed by atoms with E-state index in [1.54, 1.807) is 4.90 Å². The monoisotopic (exact) mass is 348 g/mol. The molecule has 0 aliphatic heterocycles. The topological polar surface area (TPSA) is 63.5 Å². The van der Waals surface area contributed by atoms with Crippen LogP contribution in [0.1, 0.15) is 24.2 Å². The molecule has 1 aromatic rings. The first-order valence-corrected chi connectivity index (χ1v) is 7.18. The first kappa shape index (κ1) is 15.9. The Balaban J connectivity index is 3.13. The number of alkyl halides is 1. The van der Waals surface area contributed by atoms with Crippen molar-refractivity contribution in [2.24, 2.45) is 0 Å². The van der Waals surface area contributed by atoms with Crippen LogP contribution in [-0.4, -0.2) is 33.6 Å². The molecule has 0 spiro atoms. The number of halogens is 2. The Bertz CT molecular complexity index is 494. The Hall–Kier alpha value is -1.14. The zero-order chi connectivity index (χ0) is 14.6.